The standard InChI is InChI=1S/C58H35F12N/c1-30-3-7-32(8-4-30)53-43-20-17-40(71-51-21-15-38(57(65,66)67)27-47(51)48-28-39(58(68,69)70)16-22-52(48)71)29-50(43)54(33-9-5-31(2)6-10-33)42-18-12-35(24-49(42)53)44-23-34-11-13-36(55(59,60)61)25-45(34)46-26-37(56(62,63)64)14-19-41(44)46/h3-29,47,51H,1-2H3. The molecule has 0 saturated heterocycles. The first-order valence-electron chi connectivity index (χ1n) is 22.3. The first kappa shape index (κ1) is 45.9. The summed E-state index contributed by atoms with van der Waals surface area (Å²) in [6, 6.07) is 36.9. The molecule has 2 aliphatic rings. The summed E-state index contributed by atoms with van der Waals surface area (Å²) >= 11 is 0. The van der Waals surface area contributed by atoms with Crippen LogP contribution in [0.15, 0.2) is 169 Å². The zero-order chi connectivity index (χ0) is 50.1. The van der Waals surface area contributed by atoms with Gasteiger partial charge in [-0.3, -0.25) is 0 Å². The molecule has 0 amide bonds. The predicted octanol–water partition coefficient (Wildman–Crippen LogP) is 18.6. The number of halogens is 12. The van der Waals surface area contributed by atoms with Gasteiger partial charge in [0, 0.05) is 17.3 Å². The number of benzene rings is 9. The molecule has 13 heteroatoms. The fraction of sp³-hybridized carbons (Fsp3) is 0.138. The molecule has 11 rings (SSSR count). The van der Waals surface area contributed by atoms with E-state index in [1.165, 1.54) is 24.3 Å². The van der Waals surface area contributed by atoms with Crippen molar-refractivity contribution < 1.29 is 52.7 Å². The lowest BCUT2D eigenvalue weighted by Gasteiger charge is -2.30. The number of nitrogens with zero attached hydrogens (tertiary/aromatic N) is 1. The van der Waals surface area contributed by atoms with Gasteiger partial charge in [-0.05, 0) is 163 Å². The van der Waals surface area contributed by atoms with E-state index in [0.717, 1.165) is 98.1 Å². The molecular formula is C58H35F12N. The number of alkyl halides is 12. The minimum atomic E-state index is -4.78. The molecular weight excluding hydrogens is 939 g/mol. The van der Waals surface area contributed by atoms with Gasteiger partial charge in [-0.1, -0.05) is 108 Å². The van der Waals surface area contributed by atoms with E-state index in [-0.39, 0.29) is 16.3 Å². The summed E-state index contributed by atoms with van der Waals surface area (Å²) in [6.45, 7) is 3.87. The molecule has 2 unspecified atom stereocenters. The third-order valence-corrected chi connectivity index (χ3v) is 13.8. The molecule has 0 spiro atoms. The minimum Gasteiger partial charge on any atom is -0.333 e. The Bertz CT molecular complexity index is 3720. The van der Waals surface area contributed by atoms with E-state index in [0.29, 0.717) is 38.7 Å². The number of anilines is 2. The molecule has 1 heterocycles. The van der Waals surface area contributed by atoms with Crippen LogP contribution in [0, 0.1) is 13.8 Å². The predicted molar refractivity (Wildman–Crippen MR) is 256 cm³/mol. The first-order valence-corrected chi connectivity index (χ1v) is 22.3. The molecule has 9 aromatic rings. The van der Waals surface area contributed by atoms with Crippen molar-refractivity contribution in [2.75, 3.05) is 4.90 Å². The first-order chi connectivity index (χ1) is 33.5. The van der Waals surface area contributed by atoms with Crippen molar-refractivity contribution in [3.8, 4) is 33.4 Å². The number of aryl methyl sites for hydroxylation is 2. The fourth-order valence-corrected chi connectivity index (χ4v) is 10.4. The zero-order valence-corrected chi connectivity index (χ0v) is 37.2. The molecule has 0 aromatic heterocycles. The average molecular weight is 974 g/mol. The highest BCUT2D eigenvalue weighted by Crippen LogP contribution is 2.53. The third kappa shape index (κ3) is 7.86. The zero-order valence-electron chi connectivity index (χ0n) is 37.2. The molecule has 1 aliphatic heterocycles. The number of fused-ring (bicyclic) bond motifs is 8. The highest BCUT2D eigenvalue weighted by molar-refractivity contribution is 6.23. The van der Waals surface area contributed by atoms with E-state index in [1.54, 1.807) is 17.0 Å². The lowest BCUT2D eigenvalue weighted by molar-refractivity contribution is -0.138. The van der Waals surface area contributed by atoms with E-state index < -0.39 is 58.9 Å². The van der Waals surface area contributed by atoms with Crippen LogP contribution < -0.4 is 4.90 Å². The monoisotopic (exact) mass is 973 g/mol. The van der Waals surface area contributed by atoms with Crippen molar-refractivity contribution in [3.63, 3.8) is 0 Å². The van der Waals surface area contributed by atoms with Crippen LogP contribution in [0.4, 0.5) is 64.1 Å². The van der Waals surface area contributed by atoms with Gasteiger partial charge in [-0.2, -0.15) is 52.7 Å². The summed E-state index contributed by atoms with van der Waals surface area (Å²) in [5.74, 6) is -1.07. The maximum Gasteiger partial charge on any atom is 0.416 e. The van der Waals surface area contributed by atoms with E-state index in [2.05, 4.69) is 0 Å². The Hall–Kier alpha value is -7.54. The van der Waals surface area contributed by atoms with Gasteiger partial charge < -0.3 is 4.90 Å². The molecule has 0 fully saturated rings. The van der Waals surface area contributed by atoms with Crippen molar-refractivity contribution in [2.45, 2.75) is 50.5 Å². The van der Waals surface area contributed by atoms with Gasteiger partial charge >= 0.3 is 24.7 Å². The molecule has 1 nitrogen and oxygen atoms in total. The molecule has 0 N–H and O–H groups in total. The smallest absolute Gasteiger partial charge is 0.333 e. The minimum absolute atomic E-state index is 0.00235. The topological polar surface area (TPSA) is 3.24 Å². The highest BCUT2D eigenvalue weighted by Gasteiger charge is 2.44. The molecule has 9 aromatic carbocycles. The second kappa shape index (κ2) is 16.0. The second-order valence-corrected chi connectivity index (χ2v) is 18.2. The lowest BCUT2D eigenvalue weighted by atomic mass is 9.83. The summed E-state index contributed by atoms with van der Waals surface area (Å²) in [5.41, 5.74) is 3.00. The molecule has 71 heavy (non-hydrogen) atoms. The van der Waals surface area contributed by atoms with Crippen molar-refractivity contribution in [3.05, 3.63) is 203 Å². The molecule has 1 aliphatic carbocycles. The van der Waals surface area contributed by atoms with E-state index in [1.807, 2.05) is 92.7 Å². The van der Waals surface area contributed by atoms with Crippen molar-refractivity contribution in [1.82, 2.24) is 0 Å². The van der Waals surface area contributed by atoms with Crippen LogP contribution >= 0.6 is 0 Å². The lowest BCUT2D eigenvalue weighted by Crippen LogP contribution is -2.30. The number of hydrogen-bond donors (Lipinski definition) is 0. The van der Waals surface area contributed by atoms with E-state index >= 15 is 0 Å². The second-order valence-electron chi connectivity index (χ2n) is 18.2. The number of hydrogen-bond acceptors (Lipinski definition) is 1. The van der Waals surface area contributed by atoms with Crippen LogP contribution in [-0.4, -0.2) is 12.2 Å². The van der Waals surface area contributed by atoms with Gasteiger partial charge in [0.25, 0.3) is 0 Å². The maximum absolute atomic E-state index is 14.2. The Morgan fingerprint density at radius 1 is 0.408 bits per heavy atom. The Kier molecular flexibility index (Phi) is 10.3. The van der Waals surface area contributed by atoms with Crippen molar-refractivity contribution >= 4 is 54.5 Å². The third-order valence-electron chi connectivity index (χ3n) is 13.8. The summed E-state index contributed by atoms with van der Waals surface area (Å²) in [5, 5.41) is 3.49. The van der Waals surface area contributed by atoms with Crippen LogP contribution in [0.5, 0.6) is 0 Å². The molecule has 0 bridgehead atoms. The van der Waals surface area contributed by atoms with E-state index in [9.17, 15) is 52.7 Å². The van der Waals surface area contributed by atoms with E-state index in [4.69, 9.17) is 0 Å². The summed E-state index contributed by atoms with van der Waals surface area (Å²) in [4.78, 5) is 1.77. The summed E-state index contributed by atoms with van der Waals surface area (Å²) < 4.78 is 170. The van der Waals surface area contributed by atoms with Crippen LogP contribution in [0.1, 0.15) is 39.3 Å². The van der Waals surface area contributed by atoms with Gasteiger partial charge in [0.1, 0.15) is 0 Å². The molecule has 0 radical (unpaired) electrons. The van der Waals surface area contributed by atoms with Gasteiger partial charge in [0.15, 0.2) is 0 Å². The van der Waals surface area contributed by atoms with Crippen LogP contribution in [0.3, 0.4) is 0 Å². The van der Waals surface area contributed by atoms with Gasteiger partial charge in [-0.25, -0.2) is 0 Å². The van der Waals surface area contributed by atoms with Gasteiger partial charge in [-0.15, -0.1) is 0 Å². The highest BCUT2D eigenvalue weighted by atomic mass is 19.4. The Morgan fingerprint density at radius 3 is 1.51 bits per heavy atom. The largest absolute Gasteiger partial charge is 0.416 e. The Labute approximate surface area is 397 Å². The Balaban J connectivity index is 1.19. The van der Waals surface area contributed by atoms with Crippen LogP contribution in [0.25, 0.3) is 76.5 Å². The van der Waals surface area contributed by atoms with Crippen LogP contribution in [-0.2, 0) is 18.5 Å². The van der Waals surface area contributed by atoms with Crippen molar-refractivity contribution in [2.24, 2.45) is 0 Å². The Morgan fingerprint density at radius 2 is 0.915 bits per heavy atom. The number of allylic oxidation sites excluding steroid dienone is 2. The van der Waals surface area contributed by atoms with Gasteiger partial charge in [0.2, 0.25) is 0 Å². The molecule has 356 valence electrons. The van der Waals surface area contributed by atoms with Crippen molar-refractivity contribution in [1.29, 1.82) is 0 Å². The quantitative estimate of drug-likeness (QED) is 0.0965. The average Bonchev–Trinajstić information content (AvgIpc) is 3.65. The fourth-order valence-electron chi connectivity index (χ4n) is 10.4. The van der Waals surface area contributed by atoms with Gasteiger partial charge in [0.05, 0.1) is 28.3 Å². The normalized spacial score (nSPS) is 16.3. The number of rotatable bonds is 4. The molecule has 2 atom stereocenters. The SMILES string of the molecule is Cc1ccc(-c2c3ccc(N4c5ccc(C(F)(F)F)cc5C5C=C(C(F)(F)F)C=CC54)cc3c(-c3ccc(C)cc3)c3ccc(-c4cc5ccc(C(F)(F)F)cc5c5cc(C(F)(F)F)ccc45)cc23)cc1. The van der Waals surface area contributed by atoms with Crippen LogP contribution in [0.2, 0.25) is 0 Å². The maximum atomic E-state index is 14.2. The molecule has 0 saturated carbocycles. The summed E-state index contributed by atoms with van der Waals surface area (Å²) in [6.07, 6.45) is -15.7. The summed E-state index contributed by atoms with van der Waals surface area (Å²) in [7, 11) is 0.